The van der Waals surface area contributed by atoms with Gasteiger partial charge in [-0.15, -0.1) is 0 Å². The summed E-state index contributed by atoms with van der Waals surface area (Å²) < 4.78 is 11.1. The molecule has 1 aliphatic rings. The lowest BCUT2D eigenvalue weighted by Crippen LogP contribution is -2.49. The first-order valence-corrected chi connectivity index (χ1v) is 10.0. The van der Waals surface area contributed by atoms with Crippen molar-refractivity contribution in [2.45, 2.75) is 38.5 Å². The van der Waals surface area contributed by atoms with E-state index in [1.165, 1.54) is 0 Å². The fraction of sp³-hybridized carbons (Fsp3) is 0.435. The molecule has 150 valence electrons. The minimum atomic E-state index is 0.154. The normalized spacial score (nSPS) is 16.8. The van der Waals surface area contributed by atoms with E-state index in [2.05, 4.69) is 17.4 Å². The molecule has 1 heterocycles. The van der Waals surface area contributed by atoms with Crippen LogP contribution in [0.1, 0.15) is 30.4 Å². The molecule has 0 bridgehead atoms. The maximum atomic E-state index is 12.7. The van der Waals surface area contributed by atoms with E-state index in [1.54, 1.807) is 7.11 Å². The summed E-state index contributed by atoms with van der Waals surface area (Å²) in [5.41, 5.74) is 2.30. The van der Waals surface area contributed by atoms with Gasteiger partial charge in [-0.05, 0) is 42.5 Å². The topological polar surface area (TPSA) is 50.8 Å². The molecule has 1 aliphatic heterocycles. The van der Waals surface area contributed by atoms with E-state index >= 15 is 0 Å². The summed E-state index contributed by atoms with van der Waals surface area (Å²) in [5, 5.41) is 3.27. The third kappa shape index (κ3) is 6.08. The van der Waals surface area contributed by atoms with Gasteiger partial charge in [0.1, 0.15) is 5.75 Å². The predicted octanol–water partition coefficient (Wildman–Crippen LogP) is 3.38. The van der Waals surface area contributed by atoms with Crippen molar-refractivity contribution in [1.82, 2.24) is 10.2 Å². The lowest BCUT2D eigenvalue weighted by molar-refractivity contribution is -0.135. The van der Waals surface area contributed by atoms with E-state index in [0.29, 0.717) is 26.3 Å². The van der Waals surface area contributed by atoms with Gasteiger partial charge in [0.15, 0.2) is 0 Å². The molecular formula is C23H30N2O3. The van der Waals surface area contributed by atoms with Crippen LogP contribution in [0.2, 0.25) is 0 Å². The fourth-order valence-electron chi connectivity index (χ4n) is 3.55. The van der Waals surface area contributed by atoms with Crippen LogP contribution in [0, 0.1) is 0 Å². The summed E-state index contributed by atoms with van der Waals surface area (Å²) in [6, 6.07) is 18.2. The van der Waals surface area contributed by atoms with Crippen molar-refractivity contribution in [3.8, 4) is 5.75 Å². The summed E-state index contributed by atoms with van der Waals surface area (Å²) in [6.07, 6.45) is 3.24. The minimum absolute atomic E-state index is 0.154. The molecule has 5 heteroatoms. The number of ether oxygens (including phenoxy) is 2. The Balaban J connectivity index is 1.43. The van der Waals surface area contributed by atoms with Gasteiger partial charge in [0.05, 0.1) is 32.9 Å². The van der Waals surface area contributed by atoms with Crippen LogP contribution < -0.4 is 10.1 Å². The number of rotatable bonds is 9. The quantitative estimate of drug-likeness (QED) is 0.722. The molecule has 1 fully saturated rings. The van der Waals surface area contributed by atoms with Crippen LogP contribution in [0.3, 0.4) is 0 Å². The van der Waals surface area contributed by atoms with Gasteiger partial charge in [0.2, 0.25) is 5.91 Å². The first-order chi connectivity index (χ1) is 13.8. The molecule has 0 spiro atoms. The molecule has 1 amide bonds. The van der Waals surface area contributed by atoms with Crippen LogP contribution in [0.15, 0.2) is 54.6 Å². The number of hydrogen-bond acceptors (Lipinski definition) is 4. The molecule has 2 aromatic rings. The highest BCUT2D eigenvalue weighted by Gasteiger charge is 2.26. The summed E-state index contributed by atoms with van der Waals surface area (Å²) in [7, 11) is 1.66. The van der Waals surface area contributed by atoms with Crippen molar-refractivity contribution < 1.29 is 14.3 Å². The summed E-state index contributed by atoms with van der Waals surface area (Å²) in [5.74, 6) is 0.994. The number of carbonyl (C=O) groups is 1. The zero-order chi connectivity index (χ0) is 19.6. The lowest BCUT2D eigenvalue weighted by Gasteiger charge is -2.35. The van der Waals surface area contributed by atoms with Gasteiger partial charge < -0.3 is 19.7 Å². The highest BCUT2D eigenvalue weighted by atomic mass is 16.5. The Morgan fingerprint density at radius 1 is 1.07 bits per heavy atom. The van der Waals surface area contributed by atoms with Crippen LogP contribution in [0.25, 0.3) is 0 Å². The number of methoxy groups -OCH3 is 1. The summed E-state index contributed by atoms with van der Waals surface area (Å²) >= 11 is 0. The molecule has 0 radical (unpaired) electrons. The fourth-order valence-corrected chi connectivity index (χ4v) is 3.55. The highest BCUT2D eigenvalue weighted by molar-refractivity contribution is 5.78. The molecule has 28 heavy (non-hydrogen) atoms. The van der Waals surface area contributed by atoms with Gasteiger partial charge >= 0.3 is 0 Å². The number of nitrogens with one attached hydrogen (secondary N) is 1. The maximum Gasteiger partial charge on any atom is 0.236 e. The maximum absolute atomic E-state index is 12.7. The average molecular weight is 383 g/mol. The van der Waals surface area contributed by atoms with E-state index in [0.717, 1.165) is 42.7 Å². The second-order valence-electron chi connectivity index (χ2n) is 7.19. The van der Waals surface area contributed by atoms with Crippen LogP contribution in [0.5, 0.6) is 5.75 Å². The number of amides is 1. The minimum Gasteiger partial charge on any atom is -0.497 e. The third-order valence-corrected chi connectivity index (χ3v) is 5.13. The van der Waals surface area contributed by atoms with Gasteiger partial charge in [-0.25, -0.2) is 0 Å². The third-order valence-electron chi connectivity index (χ3n) is 5.13. The Hall–Kier alpha value is -2.37. The van der Waals surface area contributed by atoms with Crippen molar-refractivity contribution in [2.24, 2.45) is 0 Å². The Morgan fingerprint density at radius 3 is 2.61 bits per heavy atom. The SMILES string of the molecule is COc1ccc(CNCC(=O)N2CCCCC2COCc2ccccc2)cc1. The second kappa shape index (κ2) is 10.8. The number of likely N-dealkylation sites (tertiary alicyclic amines) is 1. The number of nitrogens with zero attached hydrogens (tertiary/aromatic N) is 1. The van der Waals surface area contributed by atoms with E-state index in [4.69, 9.17) is 9.47 Å². The average Bonchev–Trinajstić information content (AvgIpc) is 2.75. The van der Waals surface area contributed by atoms with Crippen LogP contribution >= 0.6 is 0 Å². The molecule has 1 N–H and O–H groups in total. The Kier molecular flexibility index (Phi) is 7.88. The lowest BCUT2D eigenvalue weighted by atomic mass is 10.0. The van der Waals surface area contributed by atoms with Crippen molar-refractivity contribution >= 4 is 5.91 Å². The molecule has 0 aromatic heterocycles. The molecule has 3 rings (SSSR count). The molecular weight excluding hydrogens is 352 g/mol. The zero-order valence-corrected chi connectivity index (χ0v) is 16.6. The van der Waals surface area contributed by atoms with Crippen LogP contribution in [-0.4, -0.2) is 43.7 Å². The summed E-state index contributed by atoms with van der Waals surface area (Å²) in [6.45, 7) is 3.02. The zero-order valence-electron chi connectivity index (χ0n) is 16.6. The molecule has 2 aromatic carbocycles. The standard InChI is InChI=1S/C23H30N2O3/c1-27-22-12-10-19(11-13-22)15-24-16-23(26)25-14-6-5-9-21(25)18-28-17-20-7-3-2-4-8-20/h2-4,7-8,10-13,21,24H,5-6,9,14-18H2,1H3. The number of hydrogen-bond donors (Lipinski definition) is 1. The first kappa shape index (κ1) is 20.4. The van der Waals surface area contributed by atoms with Gasteiger partial charge in [-0.3, -0.25) is 4.79 Å². The number of carbonyl (C=O) groups excluding carboxylic acids is 1. The second-order valence-corrected chi connectivity index (χ2v) is 7.19. The van der Waals surface area contributed by atoms with Crippen molar-refractivity contribution in [1.29, 1.82) is 0 Å². The Labute approximate surface area is 167 Å². The first-order valence-electron chi connectivity index (χ1n) is 10.0. The molecule has 1 atom stereocenters. The van der Waals surface area contributed by atoms with Gasteiger partial charge in [0, 0.05) is 13.1 Å². The van der Waals surface area contributed by atoms with Gasteiger partial charge in [-0.2, -0.15) is 0 Å². The van der Waals surface area contributed by atoms with E-state index in [1.807, 2.05) is 47.4 Å². The van der Waals surface area contributed by atoms with Crippen LogP contribution in [0.4, 0.5) is 0 Å². The number of benzene rings is 2. The van der Waals surface area contributed by atoms with E-state index < -0.39 is 0 Å². The van der Waals surface area contributed by atoms with Gasteiger partial charge in [-0.1, -0.05) is 42.5 Å². The van der Waals surface area contributed by atoms with E-state index in [-0.39, 0.29) is 11.9 Å². The molecule has 1 unspecified atom stereocenters. The van der Waals surface area contributed by atoms with Crippen LogP contribution in [-0.2, 0) is 22.7 Å². The molecule has 0 saturated carbocycles. The van der Waals surface area contributed by atoms with Crippen molar-refractivity contribution in [3.63, 3.8) is 0 Å². The Bertz CT molecular complexity index is 718. The summed E-state index contributed by atoms with van der Waals surface area (Å²) in [4.78, 5) is 14.7. The molecule has 5 nitrogen and oxygen atoms in total. The van der Waals surface area contributed by atoms with Crippen molar-refractivity contribution in [3.05, 3.63) is 65.7 Å². The smallest absolute Gasteiger partial charge is 0.236 e. The number of piperidine rings is 1. The van der Waals surface area contributed by atoms with E-state index in [9.17, 15) is 4.79 Å². The van der Waals surface area contributed by atoms with Crippen molar-refractivity contribution in [2.75, 3.05) is 26.8 Å². The highest BCUT2D eigenvalue weighted by Crippen LogP contribution is 2.18. The monoisotopic (exact) mass is 382 g/mol. The molecule has 1 saturated heterocycles. The largest absolute Gasteiger partial charge is 0.497 e. The molecule has 0 aliphatic carbocycles. The van der Waals surface area contributed by atoms with Gasteiger partial charge in [0.25, 0.3) is 0 Å². The predicted molar refractivity (Wildman–Crippen MR) is 110 cm³/mol. The Morgan fingerprint density at radius 2 is 1.86 bits per heavy atom.